The summed E-state index contributed by atoms with van der Waals surface area (Å²) in [6.07, 6.45) is 1.59. The Hall–Kier alpha value is -0.930. The Balaban J connectivity index is 1.98. The second kappa shape index (κ2) is 6.68. The zero-order valence-corrected chi connectivity index (χ0v) is 12.6. The van der Waals surface area contributed by atoms with Gasteiger partial charge in [0.2, 0.25) is 0 Å². The Morgan fingerprint density at radius 3 is 2.65 bits per heavy atom. The van der Waals surface area contributed by atoms with Gasteiger partial charge in [0, 0.05) is 19.6 Å². The van der Waals surface area contributed by atoms with Gasteiger partial charge in [0.05, 0.1) is 25.5 Å². The number of ether oxygens (including phenoxy) is 1. The number of hydrogen-bond donors (Lipinski definition) is 1. The molecule has 0 amide bonds. The van der Waals surface area contributed by atoms with Crippen molar-refractivity contribution in [3.63, 3.8) is 0 Å². The molecule has 2 rings (SSSR count). The van der Waals surface area contributed by atoms with Crippen molar-refractivity contribution in [1.82, 2.24) is 13.9 Å². The lowest BCUT2D eigenvalue weighted by Crippen LogP contribution is -2.48. The molecular formula is C12H21N3O4S. The molecule has 1 atom stereocenters. The molecule has 1 aromatic rings. The van der Waals surface area contributed by atoms with Crippen molar-refractivity contribution < 1.29 is 17.6 Å². The molecule has 1 saturated heterocycles. The summed E-state index contributed by atoms with van der Waals surface area (Å²) in [5, 5.41) is 0. The van der Waals surface area contributed by atoms with Crippen LogP contribution in [0.25, 0.3) is 0 Å². The Labute approximate surface area is 119 Å². The summed E-state index contributed by atoms with van der Waals surface area (Å²) in [7, 11) is 0.302. The van der Waals surface area contributed by atoms with Crippen molar-refractivity contribution in [1.29, 1.82) is 0 Å². The van der Waals surface area contributed by atoms with Crippen molar-refractivity contribution in [3.8, 4) is 0 Å². The third kappa shape index (κ3) is 3.80. The molecule has 20 heavy (non-hydrogen) atoms. The minimum absolute atomic E-state index is 0.138. The van der Waals surface area contributed by atoms with Crippen LogP contribution in [0.2, 0.25) is 0 Å². The van der Waals surface area contributed by atoms with Gasteiger partial charge in [-0.3, -0.25) is 4.90 Å². The van der Waals surface area contributed by atoms with Gasteiger partial charge in [0.15, 0.2) is 0 Å². The molecule has 0 unspecified atom stereocenters. The molecule has 7 nitrogen and oxygen atoms in total. The highest BCUT2D eigenvalue weighted by molar-refractivity contribution is 7.87. The summed E-state index contributed by atoms with van der Waals surface area (Å²) in [6, 6.07) is 3.50. The first-order valence-corrected chi connectivity index (χ1v) is 7.97. The number of likely N-dealkylation sites (N-methyl/N-ethyl adjacent to an activating group) is 1. The van der Waals surface area contributed by atoms with Gasteiger partial charge in [-0.2, -0.15) is 12.7 Å². The Bertz CT molecular complexity index is 495. The molecule has 1 fully saturated rings. The average molecular weight is 303 g/mol. The van der Waals surface area contributed by atoms with Crippen LogP contribution >= 0.6 is 0 Å². The quantitative estimate of drug-likeness (QED) is 0.804. The largest absolute Gasteiger partial charge is 0.468 e. The van der Waals surface area contributed by atoms with Crippen LogP contribution in [0.15, 0.2) is 22.8 Å². The number of rotatable bonds is 6. The molecule has 0 radical (unpaired) electrons. The number of nitrogens with one attached hydrogen (secondary N) is 1. The fourth-order valence-electron chi connectivity index (χ4n) is 2.08. The van der Waals surface area contributed by atoms with Gasteiger partial charge in [-0.1, -0.05) is 0 Å². The number of furan rings is 1. The van der Waals surface area contributed by atoms with E-state index in [1.807, 2.05) is 25.1 Å². The highest BCUT2D eigenvalue weighted by Gasteiger charge is 2.26. The second-order valence-electron chi connectivity index (χ2n) is 4.86. The molecule has 0 spiro atoms. The standard InChI is InChI=1S/C12H21N3O4S/c1-14(2)11(12-4-3-7-19-12)10-13-20(16,17)15-5-8-18-9-6-15/h3-4,7,11,13H,5-6,8-10H2,1-2H3/t11-/m1/s1. The van der Waals surface area contributed by atoms with E-state index in [-0.39, 0.29) is 12.6 Å². The van der Waals surface area contributed by atoms with E-state index < -0.39 is 10.2 Å². The summed E-state index contributed by atoms with van der Waals surface area (Å²) >= 11 is 0. The minimum atomic E-state index is -3.47. The minimum Gasteiger partial charge on any atom is -0.468 e. The predicted molar refractivity (Wildman–Crippen MR) is 74.5 cm³/mol. The SMILES string of the molecule is CN(C)[C@H](CNS(=O)(=O)N1CCOCC1)c1ccco1. The summed E-state index contributed by atoms with van der Waals surface area (Å²) in [5.41, 5.74) is 0. The molecule has 1 aromatic heterocycles. The summed E-state index contributed by atoms with van der Waals surface area (Å²) in [6.45, 7) is 1.93. The fourth-order valence-corrected chi connectivity index (χ4v) is 3.26. The van der Waals surface area contributed by atoms with E-state index in [1.165, 1.54) is 4.31 Å². The van der Waals surface area contributed by atoms with Gasteiger partial charge in [0.25, 0.3) is 10.2 Å². The van der Waals surface area contributed by atoms with Crippen molar-refractivity contribution in [2.45, 2.75) is 6.04 Å². The molecule has 1 aliphatic rings. The lowest BCUT2D eigenvalue weighted by Gasteiger charge is -2.28. The maximum atomic E-state index is 12.2. The Morgan fingerprint density at radius 2 is 2.10 bits per heavy atom. The maximum Gasteiger partial charge on any atom is 0.279 e. The first-order chi connectivity index (χ1) is 9.50. The van der Waals surface area contributed by atoms with E-state index in [4.69, 9.17) is 9.15 Å². The van der Waals surface area contributed by atoms with E-state index in [0.717, 1.165) is 5.76 Å². The molecule has 0 bridgehead atoms. The number of morpholine rings is 1. The van der Waals surface area contributed by atoms with Crippen LogP contribution in [0.1, 0.15) is 11.8 Å². The van der Waals surface area contributed by atoms with Gasteiger partial charge in [-0.15, -0.1) is 0 Å². The smallest absolute Gasteiger partial charge is 0.279 e. The Kier molecular flexibility index (Phi) is 5.17. The molecule has 0 aliphatic carbocycles. The molecular weight excluding hydrogens is 282 g/mol. The topological polar surface area (TPSA) is 75.0 Å². The summed E-state index contributed by atoms with van der Waals surface area (Å²) in [4.78, 5) is 1.92. The molecule has 0 saturated carbocycles. The highest BCUT2D eigenvalue weighted by atomic mass is 32.2. The van der Waals surface area contributed by atoms with Crippen LogP contribution in [0.5, 0.6) is 0 Å². The third-order valence-electron chi connectivity index (χ3n) is 3.26. The van der Waals surface area contributed by atoms with Gasteiger partial charge in [0.1, 0.15) is 5.76 Å². The summed E-state index contributed by atoms with van der Waals surface area (Å²) < 4.78 is 39.0. The molecule has 114 valence electrons. The second-order valence-corrected chi connectivity index (χ2v) is 6.61. The normalized spacial score (nSPS) is 19.4. The van der Waals surface area contributed by atoms with E-state index >= 15 is 0 Å². The number of nitrogens with zero attached hydrogens (tertiary/aromatic N) is 2. The summed E-state index contributed by atoms with van der Waals surface area (Å²) in [5.74, 6) is 0.736. The van der Waals surface area contributed by atoms with Crippen LogP contribution < -0.4 is 4.72 Å². The van der Waals surface area contributed by atoms with E-state index in [2.05, 4.69) is 4.72 Å². The monoisotopic (exact) mass is 303 g/mol. The maximum absolute atomic E-state index is 12.2. The van der Waals surface area contributed by atoms with Crippen molar-refractivity contribution in [3.05, 3.63) is 24.2 Å². The lowest BCUT2D eigenvalue weighted by atomic mass is 10.2. The van der Waals surface area contributed by atoms with Gasteiger partial charge < -0.3 is 9.15 Å². The highest BCUT2D eigenvalue weighted by Crippen LogP contribution is 2.18. The molecule has 0 aromatic carbocycles. The van der Waals surface area contributed by atoms with Crippen LogP contribution in [-0.4, -0.2) is 64.6 Å². The van der Waals surface area contributed by atoms with E-state index in [1.54, 1.807) is 12.3 Å². The van der Waals surface area contributed by atoms with Gasteiger partial charge in [-0.25, -0.2) is 4.72 Å². The van der Waals surface area contributed by atoms with Gasteiger partial charge in [-0.05, 0) is 26.2 Å². The van der Waals surface area contributed by atoms with Crippen molar-refractivity contribution >= 4 is 10.2 Å². The Morgan fingerprint density at radius 1 is 1.40 bits per heavy atom. The molecule has 1 N–H and O–H groups in total. The fraction of sp³-hybridized carbons (Fsp3) is 0.667. The first-order valence-electron chi connectivity index (χ1n) is 6.53. The third-order valence-corrected chi connectivity index (χ3v) is 4.84. The zero-order chi connectivity index (χ0) is 14.6. The molecule has 1 aliphatic heterocycles. The van der Waals surface area contributed by atoms with Crippen LogP contribution in [-0.2, 0) is 14.9 Å². The lowest BCUT2D eigenvalue weighted by molar-refractivity contribution is 0.0723. The first kappa shape index (κ1) is 15.5. The van der Waals surface area contributed by atoms with E-state index in [9.17, 15) is 8.42 Å². The van der Waals surface area contributed by atoms with Crippen LogP contribution in [0.4, 0.5) is 0 Å². The average Bonchev–Trinajstić information content (AvgIpc) is 2.93. The van der Waals surface area contributed by atoms with Crippen LogP contribution in [0.3, 0.4) is 0 Å². The molecule has 2 heterocycles. The molecule has 8 heteroatoms. The van der Waals surface area contributed by atoms with Gasteiger partial charge >= 0.3 is 0 Å². The van der Waals surface area contributed by atoms with Crippen LogP contribution in [0, 0.1) is 0 Å². The number of hydrogen-bond acceptors (Lipinski definition) is 5. The van der Waals surface area contributed by atoms with Crippen molar-refractivity contribution in [2.24, 2.45) is 0 Å². The predicted octanol–water partition coefficient (Wildman–Crippen LogP) is 0.0489. The van der Waals surface area contributed by atoms with Crippen molar-refractivity contribution in [2.75, 3.05) is 46.9 Å². The van der Waals surface area contributed by atoms with E-state index in [0.29, 0.717) is 26.3 Å². The zero-order valence-electron chi connectivity index (χ0n) is 11.8.